The molecule has 1 fully saturated rings. The lowest BCUT2D eigenvalue weighted by Crippen LogP contribution is -2.53. The van der Waals surface area contributed by atoms with E-state index in [1.54, 1.807) is 4.90 Å². The average Bonchev–Trinajstić information content (AvgIpc) is 2.38. The van der Waals surface area contributed by atoms with Crippen molar-refractivity contribution in [2.75, 3.05) is 40.3 Å². The van der Waals surface area contributed by atoms with Crippen LogP contribution in [0.3, 0.4) is 0 Å². The maximum absolute atomic E-state index is 12.6. The van der Waals surface area contributed by atoms with E-state index in [4.69, 9.17) is 5.11 Å². The minimum atomic E-state index is -0.799. The second kappa shape index (κ2) is 7.47. The van der Waals surface area contributed by atoms with E-state index in [2.05, 4.69) is 4.90 Å². The zero-order valence-corrected chi connectivity index (χ0v) is 13.0. The van der Waals surface area contributed by atoms with Gasteiger partial charge in [-0.2, -0.15) is 0 Å². The molecular weight excluding hydrogens is 258 g/mol. The zero-order chi connectivity index (χ0) is 15.3. The van der Waals surface area contributed by atoms with Gasteiger partial charge in [-0.15, -0.1) is 0 Å². The number of urea groups is 1. The van der Waals surface area contributed by atoms with Crippen LogP contribution in [0.25, 0.3) is 0 Å². The van der Waals surface area contributed by atoms with Gasteiger partial charge in [-0.05, 0) is 40.8 Å². The number of nitrogens with zero attached hydrogens (tertiary/aromatic N) is 3. The smallest absolute Gasteiger partial charge is 0.320 e. The third-order valence-corrected chi connectivity index (χ3v) is 3.79. The van der Waals surface area contributed by atoms with Gasteiger partial charge < -0.3 is 19.8 Å². The molecule has 0 spiro atoms. The fraction of sp³-hybridized carbons (Fsp3) is 0.857. The van der Waals surface area contributed by atoms with Crippen LogP contribution in [-0.2, 0) is 4.79 Å². The first-order chi connectivity index (χ1) is 9.36. The summed E-state index contributed by atoms with van der Waals surface area (Å²) in [5.41, 5.74) is 0. The van der Waals surface area contributed by atoms with Gasteiger partial charge in [-0.1, -0.05) is 0 Å². The lowest BCUT2D eigenvalue weighted by molar-refractivity contribution is -0.143. The Morgan fingerprint density at radius 3 is 2.55 bits per heavy atom. The number of likely N-dealkylation sites (N-methyl/N-ethyl adjacent to an activating group) is 2. The van der Waals surface area contributed by atoms with E-state index in [1.807, 2.05) is 32.8 Å². The van der Waals surface area contributed by atoms with E-state index in [9.17, 15) is 9.59 Å². The Balaban J connectivity index is 2.68. The van der Waals surface area contributed by atoms with Crippen molar-refractivity contribution in [1.82, 2.24) is 14.7 Å². The first kappa shape index (κ1) is 16.8. The summed E-state index contributed by atoms with van der Waals surface area (Å²) < 4.78 is 0. The van der Waals surface area contributed by atoms with Crippen molar-refractivity contribution >= 4 is 12.0 Å². The van der Waals surface area contributed by atoms with Crippen molar-refractivity contribution in [1.29, 1.82) is 0 Å². The predicted molar refractivity (Wildman–Crippen MR) is 77.7 cm³/mol. The number of rotatable bonds is 5. The second-order valence-electron chi connectivity index (χ2n) is 5.80. The van der Waals surface area contributed by atoms with Gasteiger partial charge in [0.1, 0.15) is 0 Å². The van der Waals surface area contributed by atoms with Crippen LogP contribution in [0.2, 0.25) is 0 Å². The maximum atomic E-state index is 12.6. The van der Waals surface area contributed by atoms with Crippen LogP contribution in [0.4, 0.5) is 4.79 Å². The standard InChI is InChI=1S/C14H27N3O3/c1-5-17(11(2)9-15(3)4)14(20)16-8-6-7-12(10-16)13(18)19/h11-12H,5-10H2,1-4H3,(H,18,19)/t11?,12-/m0/s1. The molecular formula is C14H27N3O3. The van der Waals surface area contributed by atoms with E-state index in [0.717, 1.165) is 13.0 Å². The summed E-state index contributed by atoms with van der Waals surface area (Å²) in [7, 11) is 3.96. The van der Waals surface area contributed by atoms with Crippen molar-refractivity contribution in [3.63, 3.8) is 0 Å². The first-order valence-electron chi connectivity index (χ1n) is 7.29. The number of aliphatic carboxylic acids is 1. The molecule has 1 heterocycles. The van der Waals surface area contributed by atoms with E-state index in [-0.39, 0.29) is 12.1 Å². The molecule has 1 aliphatic heterocycles. The molecule has 0 saturated carbocycles. The van der Waals surface area contributed by atoms with Crippen molar-refractivity contribution in [2.24, 2.45) is 5.92 Å². The molecule has 6 heteroatoms. The molecule has 0 bridgehead atoms. The Morgan fingerprint density at radius 2 is 2.05 bits per heavy atom. The Bertz CT molecular complexity index is 347. The highest BCUT2D eigenvalue weighted by molar-refractivity contribution is 5.77. The quantitative estimate of drug-likeness (QED) is 0.823. The van der Waals surface area contributed by atoms with Crippen LogP contribution in [0.1, 0.15) is 26.7 Å². The molecule has 0 aromatic heterocycles. The number of piperidine rings is 1. The minimum Gasteiger partial charge on any atom is -0.481 e. The number of hydrogen-bond donors (Lipinski definition) is 1. The largest absolute Gasteiger partial charge is 0.481 e. The van der Waals surface area contributed by atoms with Crippen LogP contribution < -0.4 is 0 Å². The summed E-state index contributed by atoms with van der Waals surface area (Å²) in [5.74, 6) is -1.22. The number of carboxylic acid groups (broad SMARTS) is 1. The van der Waals surface area contributed by atoms with Gasteiger partial charge in [0.15, 0.2) is 0 Å². The summed E-state index contributed by atoms with van der Waals surface area (Å²) in [6.45, 7) is 6.42. The SMILES string of the molecule is CCN(C(=O)N1CCC[C@H](C(=O)O)C1)C(C)CN(C)C. The summed E-state index contributed by atoms with van der Waals surface area (Å²) >= 11 is 0. The number of likely N-dealkylation sites (tertiary alicyclic amines) is 1. The van der Waals surface area contributed by atoms with Crippen LogP contribution in [-0.4, -0.2) is 78.1 Å². The molecule has 1 saturated heterocycles. The molecule has 20 heavy (non-hydrogen) atoms. The Labute approximate surface area is 121 Å². The molecule has 6 nitrogen and oxygen atoms in total. The minimum absolute atomic E-state index is 0.0344. The highest BCUT2D eigenvalue weighted by Gasteiger charge is 2.31. The number of hydrogen-bond acceptors (Lipinski definition) is 3. The summed E-state index contributed by atoms with van der Waals surface area (Å²) in [6, 6.07) is 0.0838. The number of carboxylic acids is 1. The lowest BCUT2D eigenvalue weighted by atomic mass is 9.98. The van der Waals surface area contributed by atoms with E-state index >= 15 is 0 Å². The molecule has 2 amide bonds. The lowest BCUT2D eigenvalue weighted by Gasteiger charge is -2.38. The maximum Gasteiger partial charge on any atom is 0.320 e. The van der Waals surface area contributed by atoms with Crippen molar-refractivity contribution in [3.8, 4) is 0 Å². The van der Waals surface area contributed by atoms with Crippen LogP contribution in [0, 0.1) is 5.92 Å². The van der Waals surface area contributed by atoms with Crippen LogP contribution in [0.15, 0.2) is 0 Å². The van der Waals surface area contributed by atoms with Gasteiger partial charge in [0.05, 0.1) is 5.92 Å². The zero-order valence-electron chi connectivity index (χ0n) is 13.0. The van der Waals surface area contributed by atoms with E-state index in [1.165, 1.54) is 0 Å². The molecule has 2 atom stereocenters. The predicted octanol–water partition coefficient (Wildman–Crippen LogP) is 1.18. The second-order valence-corrected chi connectivity index (χ2v) is 5.80. The van der Waals surface area contributed by atoms with E-state index < -0.39 is 11.9 Å². The molecule has 0 aliphatic carbocycles. The summed E-state index contributed by atoms with van der Waals surface area (Å²) in [6.07, 6.45) is 1.43. The van der Waals surface area contributed by atoms with Gasteiger partial charge in [0.25, 0.3) is 0 Å². The van der Waals surface area contributed by atoms with Crippen LogP contribution >= 0.6 is 0 Å². The fourth-order valence-corrected chi connectivity index (χ4v) is 2.80. The molecule has 1 N–H and O–H groups in total. The molecule has 1 aliphatic rings. The van der Waals surface area contributed by atoms with Gasteiger partial charge in [0.2, 0.25) is 0 Å². The highest BCUT2D eigenvalue weighted by Crippen LogP contribution is 2.18. The third-order valence-electron chi connectivity index (χ3n) is 3.79. The van der Waals surface area contributed by atoms with Gasteiger partial charge in [-0.3, -0.25) is 4.79 Å². The van der Waals surface area contributed by atoms with Crippen molar-refractivity contribution in [3.05, 3.63) is 0 Å². The number of carbonyl (C=O) groups excluding carboxylic acids is 1. The van der Waals surface area contributed by atoms with Crippen molar-refractivity contribution in [2.45, 2.75) is 32.7 Å². The number of amides is 2. The van der Waals surface area contributed by atoms with Gasteiger partial charge in [0, 0.05) is 32.2 Å². The Morgan fingerprint density at radius 1 is 1.40 bits per heavy atom. The molecule has 0 aromatic carbocycles. The molecule has 1 rings (SSSR count). The Kier molecular flexibility index (Phi) is 6.26. The first-order valence-corrected chi connectivity index (χ1v) is 7.29. The van der Waals surface area contributed by atoms with Crippen LogP contribution in [0.5, 0.6) is 0 Å². The summed E-state index contributed by atoms with van der Waals surface area (Å²) in [4.78, 5) is 29.2. The third kappa shape index (κ3) is 4.37. The summed E-state index contributed by atoms with van der Waals surface area (Å²) in [5, 5.41) is 9.10. The molecule has 116 valence electrons. The number of carbonyl (C=O) groups is 2. The molecule has 1 unspecified atom stereocenters. The Hall–Kier alpha value is -1.30. The van der Waals surface area contributed by atoms with Gasteiger partial charge in [-0.25, -0.2) is 4.79 Å². The van der Waals surface area contributed by atoms with Gasteiger partial charge >= 0.3 is 12.0 Å². The molecule has 0 aromatic rings. The van der Waals surface area contributed by atoms with Crippen molar-refractivity contribution < 1.29 is 14.7 Å². The topological polar surface area (TPSA) is 64.1 Å². The highest BCUT2D eigenvalue weighted by atomic mass is 16.4. The average molecular weight is 285 g/mol. The fourth-order valence-electron chi connectivity index (χ4n) is 2.80. The van der Waals surface area contributed by atoms with E-state index in [0.29, 0.717) is 26.1 Å². The monoisotopic (exact) mass is 285 g/mol. The normalized spacial score (nSPS) is 20.9. The molecule has 0 radical (unpaired) electrons.